The third-order valence-corrected chi connectivity index (χ3v) is 8.67. The molecule has 0 heterocycles. The highest BCUT2D eigenvalue weighted by atomic mass is 28.4. The molecule has 136 valence electrons. The summed E-state index contributed by atoms with van der Waals surface area (Å²) in [6.45, 7) is 5.33. The number of hydrogen-bond donors (Lipinski definition) is 0. The van der Waals surface area contributed by atoms with E-state index in [9.17, 15) is 0 Å². The maximum atomic E-state index is 6.55. The van der Waals surface area contributed by atoms with E-state index in [1.165, 1.54) is 32.6 Å². The van der Waals surface area contributed by atoms with Gasteiger partial charge >= 0.3 is 8.56 Å². The molecule has 4 aliphatic carbocycles. The van der Waals surface area contributed by atoms with Crippen LogP contribution in [-0.2, 0) is 8.85 Å². The second kappa shape index (κ2) is 7.65. The van der Waals surface area contributed by atoms with Crippen LogP contribution in [0.15, 0.2) is 84.9 Å². The zero-order valence-corrected chi connectivity index (χ0v) is 16.8. The van der Waals surface area contributed by atoms with Crippen molar-refractivity contribution in [2.75, 3.05) is 13.2 Å². The van der Waals surface area contributed by atoms with Crippen LogP contribution in [-0.4, -0.2) is 21.8 Å². The Bertz CT molecular complexity index is 901. The standard InChI is InChI=1S/C24H24O2Si/c1-3-25-27(26-4-2,23-17-15-19-11-7-5-9-13-21(19)23)24-18-16-20-12-8-6-10-14-22(20)24/h5-18H,3-4H2,1-2H3. The van der Waals surface area contributed by atoms with E-state index in [1.807, 2.05) is 0 Å². The van der Waals surface area contributed by atoms with E-state index in [0.29, 0.717) is 13.2 Å². The smallest absolute Gasteiger partial charge is 0.388 e. The second-order valence-electron chi connectivity index (χ2n) is 6.54. The third-order valence-electron chi connectivity index (χ3n) is 4.99. The van der Waals surface area contributed by atoms with Crippen LogP contribution in [0.25, 0.3) is 22.3 Å². The summed E-state index contributed by atoms with van der Waals surface area (Å²) in [7, 11) is -2.84. The van der Waals surface area contributed by atoms with E-state index in [2.05, 4.69) is 98.8 Å². The molecule has 0 atom stereocenters. The van der Waals surface area contributed by atoms with Gasteiger partial charge in [0.25, 0.3) is 0 Å². The summed E-state index contributed by atoms with van der Waals surface area (Å²) in [5.74, 6) is 0. The lowest BCUT2D eigenvalue weighted by Crippen LogP contribution is -2.63. The van der Waals surface area contributed by atoms with E-state index < -0.39 is 8.56 Å². The summed E-state index contributed by atoms with van der Waals surface area (Å²) in [5, 5.41) is 2.38. The van der Waals surface area contributed by atoms with Gasteiger partial charge in [0.05, 0.1) is 0 Å². The Morgan fingerprint density at radius 3 is 1.44 bits per heavy atom. The molecule has 0 radical (unpaired) electrons. The number of hydrogen-bond acceptors (Lipinski definition) is 2. The van der Waals surface area contributed by atoms with Crippen molar-refractivity contribution in [2.45, 2.75) is 13.8 Å². The van der Waals surface area contributed by atoms with E-state index in [4.69, 9.17) is 8.85 Å². The molecule has 4 rings (SSSR count). The van der Waals surface area contributed by atoms with Crippen molar-refractivity contribution in [2.24, 2.45) is 0 Å². The van der Waals surface area contributed by atoms with Gasteiger partial charge < -0.3 is 8.85 Å². The Labute approximate surface area is 162 Å². The maximum Gasteiger partial charge on any atom is 0.408 e. The fourth-order valence-corrected chi connectivity index (χ4v) is 7.49. The van der Waals surface area contributed by atoms with Crippen molar-refractivity contribution in [1.82, 2.24) is 0 Å². The van der Waals surface area contributed by atoms with E-state index >= 15 is 0 Å². The topological polar surface area (TPSA) is 18.5 Å². The Kier molecular flexibility index (Phi) is 5.08. The number of fused-ring (bicyclic) bond motifs is 2. The Balaban J connectivity index is 1.99. The molecule has 0 saturated carbocycles. The molecule has 0 aromatic rings. The fourth-order valence-electron chi connectivity index (χ4n) is 3.91. The van der Waals surface area contributed by atoms with Gasteiger partial charge in [0.2, 0.25) is 0 Å². The molecule has 0 spiro atoms. The summed E-state index contributed by atoms with van der Waals surface area (Å²) in [6.07, 6.45) is 0. The minimum atomic E-state index is -2.84. The maximum absolute atomic E-state index is 6.55. The molecule has 27 heavy (non-hydrogen) atoms. The van der Waals surface area contributed by atoms with Crippen molar-refractivity contribution in [3.63, 3.8) is 0 Å². The van der Waals surface area contributed by atoms with Gasteiger partial charge in [0.15, 0.2) is 0 Å². The highest BCUT2D eigenvalue weighted by molar-refractivity contribution is 6.94. The van der Waals surface area contributed by atoms with Gasteiger partial charge in [-0.05, 0) is 36.1 Å². The molecular weight excluding hydrogens is 348 g/mol. The van der Waals surface area contributed by atoms with Crippen LogP contribution in [0, 0.1) is 0 Å². The van der Waals surface area contributed by atoms with Crippen LogP contribution >= 0.6 is 0 Å². The quantitative estimate of drug-likeness (QED) is 0.463. The van der Waals surface area contributed by atoms with Crippen LogP contribution in [0.4, 0.5) is 0 Å². The number of rotatable bonds is 6. The fraction of sp³-hybridized carbons (Fsp3) is 0.167. The van der Waals surface area contributed by atoms with Gasteiger partial charge in [0.1, 0.15) is 0 Å². The molecule has 0 bridgehead atoms. The minimum Gasteiger partial charge on any atom is -0.388 e. The second-order valence-corrected chi connectivity index (χ2v) is 9.42. The molecule has 4 aliphatic rings. The van der Waals surface area contributed by atoms with Gasteiger partial charge in [-0.3, -0.25) is 0 Å². The molecule has 0 amide bonds. The van der Waals surface area contributed by atoms with Crippen molar-refractivity contribution in [3.05, 3.63) is 84.9 Å². The molecule has 2 nitrogen and oxygen atoms in total. The van der Waals surface area contributed by atoms with Crippen LogP contribution in [0.1, 0.15) is 13.8 Å². The first-order valence-electron chi connectivity index (χ1n) is 9.54. The van der Waals surface area contributed by atoms with Crippen LogP contribution < -0.4 is 10.4 Å². The summed E-state index contributed by atoms with van der Waals surface area (Å²) in [5.41, 5.74) is 4.85. The first kappa shape index (κ1) is 17.9. The van der Waals surface area contributed by atoms with Crippen molar-refractivity contribution in [3.8, 4) is 22.3 Å². The lowest BCUT2D eigenvalue weighted by Gasteiger charge is -2.31. The van der Waals surface area contributed by atoms with Crippen LogP contribution in [0.5, 0.6) is 0 Å². The van der Waals surface area contributed by atoms with Gasteiger partial charge in [-0.1, -0.05) is 84.9 Å². The van der Waals surface area contributed by atoms with Gasteiger partial charge in [-0.25, -0.2) is 0 Å². The van der Waals surface area contributed by atoms with Crippen molar-refractivity contribution < 1.29 is 8.85 Å². The largest absolute Gasteiger partial charge is 0.408 e. The predicted octanol–water partition coefficient (Wildman–Crippen LogP) is 4.53. The van der Waals surface area contributed by atoms with E-state index in [1.54, 1.807) is 0 Å². The molecule has 0 aromatic carbocycles. The van der Waals surface area contributed by atoms with E-state index in [-0.39, 0.29) is 0 Å². The molecule has 0 aromatic heterocycles. The first-order valence-corrected chi connectivity index (χ1v) is 11.4. The SMILES string of the molecule is CCO[Si](OCC)(c1ccc2cccccc1-2)c1ccc2cccccc1-2. The lowest BCUT2D eigenvalue weighted by molar-refractivity contribution is 0.209. The summed E-state index contributed by atoms with van der Waals surface area (Å²) in [4.78, 5) is 0. The lowest BCUT2D eigenvalue weighted by atomic mass is 10.2. The molecule has 0 N–H and O–H groups in total. The monoisotopic (exact) mass is 372 g/mol. The molecule has 0 saturated heterocycles. The summed E-state index contributed by atoms with van der Waals surface area (Å²) in [6, 6.07) is 29.9. The summed E-state index contributed by atoms with van der Waals surface area (Å²) >= 11 is 0. The van der Waals surface area contributed by atoms with Gasteiger partial charge in [-0.2, -0.15) is 0 Å². The summed E-state index contributed by atoms with van der Waals surface area (Å²) < 4.78 is 13.1. The molecular formula is C24H24O2Si. The molecule has 3 heteroatoms. The zero-order valence-electron chi connectivity index (χ0n) is 15.8. The van der Waals surface area contributed by atoms with Crippen LogP contribution in [0.3, 0.4) is 0 Å². The first-order chi connectivity index (χ1) is 13.3. The zero-order chi connectivity index (χ0) is 18.7. The molecule has 0 unspecified atom stereocenters. The average molecular weight is 373 g/mol. The van der Waals surface area contributed by atoms with E-state index in [0.717, 1.165) is 0 Å². The van der Waals surface area contributed by atoms with Crippen LogP contribution in [0.2, 0.25) is 0 Å². The predicted molar refractivity (Wildman–Crippen MR) is 114 cm³/mol. The minimum absolute atomic E-state index is 0.615. The van der Waals surface area contributed by atoms with Gasteiger partial charge in [0, 0.05) is 23.6 Å². The highest BCUT2D eigenvalue weighted by Crippen LogP contribution is 2.28. The molecule has 0 aliphatic heterocycles. The Morgan fingerprint density at radius 1 is 0.556 bits per heavy atom. The van der Waals surface area contributed by atoms with Gasteiger partial charge in [-0.15, -0.1) is 0 Å². The van der Waals surface area contributed by atoms with Crippen molar-refractivity contribution >= 4 is 18.9 Å². The molecule has 0 fully saturated rings. The normalized spacial score (nSPS) is 11.9. The third kappa shape index (κ3) is 3.08. The Morgan fingerprint density at radius 2 is 1.00 bits per heavy atom. The van der Waals surface area contributed by atoms with Crippen molar-refractivity contribution in [1.29, 1.82) is 0 Å². The Hall–Kier alpha value is -2.46. The average Bonchev–Trinajstić information content (AvgIpc) is 3.09. The highest BCUT2D eigenvalue weighted by Gasteiger charge is 2.46.